The van der Waals surface area contributed by atoms with E-state index in [1.807, 2.05) is 6.07 Å². The smallest absolute Gasteiger partial charge is 0.407 e. The van der Waals surface area contributed by atoms with E-state index in [2.05, 4.69) is 20.1 Å². The summed E-state index contributed by atoms with van der Waals surface area (Å²) in [6, 6.07) is 6.88. The van der Waals surface area contributed by atoms with Crippen LogP contribution in [0.15, 0.2) is 24.3 Å². The molecule has 0 atom stereocenters. The molecular weight excluding hydrogens is 428 g/mol. The number of rotatable bonds is 5. The lowest BCUT2D eigenvalue weighted by molar-refractivity contribution is 0.104. The zero-order chi connectivity index (χ0) is 22.8. The number of ether oxygens (including phenoxy) is 1. The molecule has 0 saturated carbocycles. The van der Waals surface area contributed by atoms with Gasteiger partial charge in [0.2, 0.25) is 0 Å². The number of aromatic hydroxyl groups is 1. The lowest BCUT2D eigenvalue weighted by Crippen LogP contribution is -2.48. The van der Waals surface area contributed by atoms with E-state index in [1.165, 1.54) is 4.90 Å². The lowest BCUT2D eigenvalue weighted by Gasteiger charge is -2.32. The van der Waals surface area contributed by atoms with Crippen LogP contribution in [0.3, 0.4) is 0 Å². The Hall–Kier alpha value is -3.51. The van der Waals surface area contributed by atoms with Crippen molar-refractivity contribution in [2.24, 2.45) is 0 Å². The van der Waals surface area contributed by atoms with Crippen LogP contribution in [0.5, 0.6) is 5.75 Å². The summed E-state index contributed by atoms with van der Waals surface area (Å²) >= 11 is 0. The van der Waals surface area contributed by atoms with E-state index in [4.69, 9.17) is 19.8 Å². The molecule has 3 aromatic rings. The number of hydrogen-bond donors (Lipinski definition) is 2. The number of benzene rings is 1. The molecule has 0 bridgehead atoms. The SMILES string of the molecule is O=C(O)N1CCN(CCn2nnc3c(N4CCOCC4)nc(-c4cccc(O)c4)nc32)CC1. The topological polar surface area (TPSA) is 133 Å². The molecule has 0 spiro atoms. The molecule has 1 aromatic carbocycles. The number of anilines is 1. The zero-order valence-corrected chi connectivity index (χ0v) is 18.2. The van der Waals surface area contributed by atoms with Gasteiger partial charge in [0.1, 0.15) is 5.75 Å². The molecule has 12 nitrogen and oxygen atoms in total. The minimum atomic E-state index is -0.872. The third kappa shape index (κ3) is 4.52. The van der Waals surface area contributed by atoms with Gasteiger partial charge in [-0.25, -0.2) is 19.4 Å². The highest BCUT2D eigenvalue weighted by Gasteiger charge is 2.23. The predicted molar refractivity (Wildman–Crippen MR) is 119 cm³/mol. The molecule has 5 rings (SSSR count). The largest absolute Gasteiger partial charge is 0.508 e. The van der Waals surface area contributed by atoms with Crippen LogP contribution in [0.1, 0.15) is 0 Å². The highest BCUT2D eigenvalue weighted by molar-refractivity contribution is 5.85. The molecule has 0 unspecified atom stereocenters. The summed E-state index contributed by atoms with van der Waals surface area (Å²) in [6.45, 7) is 6.28. The molecule has 174 valence electrons. The van der Waals surface area contributed by atoms with Crippen molar-refractivity contribution in [2.75, 3.05) is 63.9 Å². The van der Waals surface area contributed by atoms with Crippen molar-refractivity contribution in [1.82, 2.24) is 34.8 Å². The molecule has 2 N–H and O–H groups in total. The second-order valence-electron chi connectivity index (χ2n) is 8.12. The first kappa shape index (κ1) is 21.3. The first-order valence-electron chi connectivity index (χ1n) is 11.0. The van der Waals surface area contributed by atoms with Crippen molar-refractivity contribution in [2.45, 2.75) is 6.54 Å². The average molecular weight is 454 g/mol. The number of nitrogens with zero attached hydrogens (tertiary/aromatic N) is 8. The normalized spacial score (nSPS) is 17.6. The summed E-state index contributed by atoms with van der Waals surface area (Å²) in [4.78, 5) is 26.4. The second-order valence-corrected chi connectivity index (χ2v) is 8.12. The molecule has 2 aromatic heterocycles. The summed E-state index contributed by atoms with van der Waals surface area (Å²) in [5.41, 5.74) is 1.98. The number of phenolic OH excluding ortho intramolecular Hbond substituents is 1. The maximum atomic E-state index is 11.1. The van der Waals surface area contributed by atoms with Gasteiger partial charge in [0.15, 0.2) is 22.8 Å². The number of morpholine rings is 1. The number of amides is 1. The first-order valence-corrected chi connectivity index (χ1v) is 11.0. The highest BCUT2D eigenvalue weighted by atomic mass is 16.5. The van der Waals surface area contributed by atoms with Crippen molar-refractivity contribution in [3.05, 3.63) is 24.3 Å². The quantitative estimate of drug-likeness (QED) is 0.568. The number of carbonyl (C=O) groups is 1. The van der Waals surface area contributed by atoms with Crippen LogP contribution in [-0.4, -0.2) is 110 Å². The van der Waals surface area contributed by atoms with Crippen molar-refractivity contribution in [3.8, 4) is 17.1 Å². The van der Waals surface area contributed by atoms with Gasteiger partial charge in [-0.15, -0.1) is 5.10 Å². The Morgan fingerprint density at radius 2 is 1.82 bits per heavy atom. The third-order valence-electron chi connectivity index (χ3n) is 6.03. The van der Waals surface area contributed by atoms with Gasteiger partial charge >= 0.3 is 6.09 Å². The Labute approximate surface area is 190 Å². The van der Waals surface area contributed by atoms with Crippen molar-refractivity contribution in [1.29, 1.82) is 0 Å². The minimum absolute atomic E-state index is 0.149. The van der Waals surface area contributed by atoms with Gasteiger partial charge in [0, 0.05) is 51.4 Å². The fourth-order valence-electron chi connectivity index (χ4n) is 4.16. The van der Waals surface area contributed by atoms with Crippen LogP contribution < -0.4 is 4.90 Å². The second kappa shape index (κ2) is 9.16. The Balaban J connectivity index is 1.43. The standard InChI is InChI=1S/C21H26N8O4/c30-16-3-1-2-15(14-16)18-22-19(27-10-12-33-13-11-27)17-20(23-18)29(25-24-17)9-6-26-4-7-28(8-5-26)21(31)32/h1-3,14,30H,4-13H2,(H,31,32). The van der Waals surface area contributed by atoms with Crippen molar-refractivity contribution in [3.63, 3.8) is 0 Å². The molecular formula is C21H26N8O4. The Kier molecular flexibility index (Phi) is 5.92. The van der Waals surface area contributed by atoms with Gasteiger partial charge < -0.3 is 24.7 Å². The monoisotopic (exact) mass is 454 g/mol. The van der Waals surface area contributed by atoms with E-state index in [-0.39, 0.29) is 5.75 Å². The number of aromatic nitrogens is 5. The summed E-state index contributed by atoms with van der Waals surface area (Å²) in [5.74, 6) is 1.36. The van der Waals surface area contributed by atoms with Gasteiger partial charge in [-0.3, -0.25) is 4.90 Å². The van der Waals surface area contributed by atoms with Gasteiger partial charge in [0.05, 0.1) is 19.8 Å². The molecule has 0 aliphatic carbocycles. The maximum absolute atomic E-state index is 11.1. The van der Waals surface area contributed by atoms with E-state index in [0.717, 1.165) is 0 Å². The molecule has 12 heteroatoms. The highest BCUT2D eigenvalue weighted by Crippen LogP contribution is 2.28. The van der Waals surface area contributed by atoms with E-state index >= 15 is 0 Å². The number of carboxylic acid groups (broad SMARTS) is 1. The van der Waals surface area contributed by atoms with E-state index < -0.39 is 6.09 Å². The van der Waals surface area contributed by atoms with Crippen LogP contribution in [0, 0.1) is 0 Å². The molecule has 2 fully saturated rings. The fourth-order valence-corrected chi connectivity index (χ4v) is 4.16. The van der Waals surface area contributed by atoms with Gasteiger partial charge in [-0.05, 0) is 12.1 Å². The van der Waals surface area contributed by atoms with Crippen LogP contribution in [-0.2, 0) is 11.3 Å². The van der Waals surface area contributed by atoms with Gasteiger partial charge in [-0.2, -0.15) is 0 Å². The number of fused-ring (bicyclic) bond motifs is 1. The molecule has 4 heterocycles. The molecule has 0 radical (unpaired) electrons. The van der Waals surface area contributed by atoms with E-state index in [0.29, 0.717) is 93.9 Å². The van der Waals surface area contributed by atoms with Crippen LogP contribution in [0.25, 0.3) is 22.6 Å². The fraction of sp³-hybridized carbons (Fsp3) is 0.476. The predicted octanol–water partition coefficient (Wildman–Crippen LogP) is 0.726. The number of phenols is 1. The molecule has 33 heavy (non-hydrogen) atoms. The molecule has 2 aliphatic rings. The molecule has 1 amide bonds. The lowest BCUT2D eigenvalue weighted by atomic mass is 10.2. The summed E-state index contributed by atoms with van der Waals surface area (Å²) < 4.78 is 7.27. The van der Waals surface area contributed by atoms with E-state index in [9.17, 15) is 9.90 Å². The summed E-state index contributed by atoms with van der Waals surface area (Å²) in [7, 11) is 0. The minimum Gasteiger partial charge on any atom is -0.508 e. The van der Waals surface area contributed by atoms with Gasteiger partial charge in [-0.1, -0.05) is 17.3 Å². The summed E-state index contributed by atoms with van der Waals surface area (Å²) in [6.07, 6.45) is -0.872. The van der Waals surface area contributed by atoms with Crippen LogP contribution in [0.2, 0.25) is 0 Å². The zero-order valence-electron chi connectivity index (χ0n) is 18.2. The number of piperazine rings is 1. The summed E-state index contributed by atoms with van der Waals surface area (Å²) in [5, 5.41) is 27.8. The van der Waals surface area contributed by atoms with Gasteiger partial charge in [0.25, 0.3) is 0 Å². The molecule has 2 aliphatic heterocycles. The van der Waals surface area contributed by atoms with E-state index in [1.54, 1.807) is 22.9 Å². The third-order valence-corrected chi connectivity index (χ3v) is 6.03. The average Bonchev–Trinajstić information content (AvgIpc) is 3.26. The molecule has 2 saturated heterocycles. The Morgan fingerprint density at radius 1 is 1.03 bits per heavy atom. The van der Waals surface area contributed by atoms with Crippen molar-refractivity contribution >= 4 is 23.1 Å². The van der Waals surface area contributed by atoms with Crippen molar-refractivity contribution < 1.29 is 19.7 Å². The number of hydrogen-bond acceptors (Lipinski definition) is 9. The van der Waals surface area contributed by atoms with Crippen LogP contribution >= 0.6 is 0 Å². The van der Waals surface area contributed by atoms with Crippen LogP contribution in [0.4, 0.5) is 10.6 Å². The Bertz CT molecular complexity index is 1140. The maximum Gasteiger partial charge on any atom is 0.407 e. The Morgan fingerprint density at radius 3 is 2.55 bits per heavy atom. The first-order chi connectivity index (χ1) is 16.1.